The summed E-state index contributed by atoms with van der Waals surface area (Å²) in [4.78, 5) is 24.3. The zero-order valence-electron chi connectivity index (χ0n) is 15.0. The van der Waals surface area contributed by atoms with Crippen LogP contribution in [0.4, 0.5) is 11.4 Å². The number of carbonyl (C=O) groups excluding carboxylic acids is 2. The number of nitrogens with one attached hydrogen (secondary N) is 2. The second-order valence-corrected chi connectivity index (χ2v) is 7.27. The molecule has 2 amide bonds. The Labute approximate surface area is 165 Å². The molecule has 0 aliphatic heterocycles. The van der Waals surface area contributed by atoms with Crippen molar-refractivity contribution >= 4 is 39.1 Å². The minimum Gasteiger partial charge on any atom is -0.451 e. The number of benzene rings is 2. The SMILES string of the molecule is CC(C)C(=O)Nc1cccc(NC(=O)c2ccc(-c3ccc(Br)cc3)o2)c1. The first-order valence-electron chi connectivity index (χ1n) is 8.50. The Morgan fingerprint density at radius 1 is 0.926 bits per heavy atom. The van der Waals surface area contributed by atoms with E-state index in [1.807, 2.05) is 38.1 Å². The summed E-state index contributed by atoms with van der Waals surface area (Å²) in [5, 5.41) is 5.59. The van der Waals surface area contributed by atoms with Gasteiger partial charge in [0, 0.05) is 27.3 Å². The highest BCUT2D eigenvalue weighted by Crippen LogP contribution is 2.25. The molecule has 0 fully saturated rings. The third-order valence-electron chi connectivity index (χ3n) is 3.87. The van der Waals surface area contributed by atoms with E-state index in [9.17, 15) is 9.59 Å². The molecule has 0 saturated heterocycles. The molecule has 3 aromatic rings. The molecule has 0 spiro atoms. The quantitative estimate of drug-likeness (QED) is 0.561. The minimum atomic E-state index is -0.356. The predicted molar refractivity (Wildman–Crippen MR) is 110 cm³/mol. The average Bonchev–Trinajstić information content (AvgIpc) is 3.13. The summed E-state index contributed by atoms with van der Waals surface area (Å²) in [6.07, 6.45) is 0. The molecule has 0 atom stereocenters. The van der Waals surface area contributed by atoms with E-state index in [2.05, 4.69) is 26.6 Å². The van der Waals surface area contributed by atoms with E-state index in [-0.39, 0.29) is 23.5 Å². The monoisotopic (exact) mass is 426 g/mol. The van der Waals surface area contributed by atoms with Crippen molar-refractivity contribution in [3.63, 3.8) is 0 Å². The van der Waals surface area contributed by atoms with Gasteiger partial charge < -0.3 is 15.1 Å². The number of rotatable bonds is 5. The summed E-state index contributed by atoms with van der Waals surface area (Å²) < 4.78 is 6.65. The van der Waals surface area contributed by atoms with Crippen molar-refractivity contribution in [2.45, 2.75) is 13.8 Å². The van der Waals surface area contributed by atoms with Crippen molar-refractivity contribution in [1.82, 2.24) is 0 Å². The molecule has 0 radical (unpaired) electrons. The van der Waals surface area contributed by atoms with Crippen molar-refractivity contribution < 1.29 is 14.0 Å². The maximum Gasteiger partial charge on any atom is 0.291 e. The van der Waals surface area contributed by atoms with E-state index >= 15 is 0 Å². The fourth-order valence-electron chi connectivity index (χ4n) is 2.38. The van der Waals surface area contributed by atoms with Crippen LogP contribution in [0.15, 0.2) is 69.6 Å². The maximum absolute atomic E-state index is 12.5. The summed E-state index contributed by atoms with van der Waals surface area (Å²) in [7, 11) is 0. The van der Waals surface area contributed by atoms with Crippen molar-refractivity contribution in [2.75, 3.05) is 10.6 Å². The lowest BCUT2D eigenvalue weighted by Crippen LogP contribution is -2.18. The van der Waals surface area contributed by atoms with E-state index in [1.165, 1.54) is 0 Å². The Bertz CT molecular complexity index is 962. The molecule has 5 nitrogen and oxygen atoms in total. The van der Waals surface area contributed by atoms with E-state index in [4.69, 9.17) is 4.42 Å². The predicted octanol–water partition coefficient (Wildman–Crippen LogP) is 5.56. The van der Waals surface area contributed by atoms with E-state index in [0.29, 0.717) is 17.1 Å². The standard InChI is InChI=1S/C21H19BrN2O3/c1-13(2)20(25)23-16-4-3-5-17(12-16)24-21(26)19-11-10-18(27-19)14-6-8-15(22)9-7-14/h3-13H,1-2H3,(H,23,25)(H,24,26). The molecule has 3 rings (SSSR count). The van der Waals surface area contributed by atoms with Gasteiger partial charge in [-0.25, -0.2) is 0 Å². The van der Waals surface area contributed by atoms with Crippen molar-refractivity contribution in [1.29, 1.82) is 0 Å². The first-order valence-corrected chi connectivity index (χ1v) is 9.30. The molecule has 0 bridgehead atoms. The fraction of sp³-hybridized carbons (Fsp3) is 0.143. The van der Waals surface area contributed by atoms with Crippen molar-refractivity contribution in [3.05, 3.63) is 70.9 Å². The van der Waals surface area contributed by atoms with Crippen LogP contribution in [0.1, 0.15) is 24.4 Å². The number of furan rings is 1. The van der Waals surface area contributed by atoms with Gasteiger partial charge in [-0.15, -0.1) is 0 Å². The lowest BCUT2D eigenvalue weighted by molar-refractivity contribution is -0.118. The molecule has 138 valence electrons. The molecule has 0 aliphatic carbocycles. The number of halogens is 1. The van der Waals surface area contributed by atoms with E-state index < -0.39 is 0 Å². The zero-order chi connectivity index (χ0) is 19.4. The van der Waals surface area contributed by atoms with Crippen LogP contribution in [-0.4, -0.2) is 11.8 Å². The summed E-state index contributed by atoms with van der Waals surface area (Å²) in [6, 6.07) is 18.0. The minimum absolute atomic E-state index is 0.0800. The molecular formula is C21H19BrN2O3. The third-order valence-corrected chi connectivity index (χ3v) is 4.40. The highest BCUT2D eigenvalue weighted by Gasteiger charge is 2.13. The highest BCUT2D eigenvalue weighted by atomic mass is 79.9. The van der Waals surface area contributed by atoms with E-state index in [0.717, 1.165) is 10.0 Å². The Kier molecular flexibility index (Phi) is 5.76. The normalized spacial score (nSPS) is 10.7. The van der Waals surface area contributed by atoms with Crippen LogP contribution in [0.2, 0.25) is 0 Å². The Morgan fingerprint density at radius 3 is 2.26 bits per heavy atom. The average molecular weight is 427 g/mol. The van der Waals surface area contributed by atoms with Crippen LogP contribution in [0.3, 0.4) is 0 Å². The molecule has 27 heavy (non-hydrogen) atoms. The smallest absolute Gasteiger partial charge is 0.291 e. The maximum atomic E-state index is 12.5. The molecule has 6 heteroatoms. The van der Waals surface area contributed by atoms with Gasteiger partial charge in [0.1, 0.15) is 5.76 Å². The van der Waals surface area contributed by atoms with Crippen LogP contribution in [0.25, 0.3) is 11.3 Å². The number of hydrogen-bond acceptors (Lipinski definition) is 3. The van der Waals surface area contributed by atoms with Gasteiger partial charge >= 0.3 is 0 Å². The molecule has 0 aliphatic rings. The molecule has 0 unspecified atom stereocenters. The van der Waals surface area contributed by atoms with Crippen LogP contribution in [0.5, 0.6) is 0 Å². The summed E-state index contributed by atoms with van der Waals surface area (Å²) in [6.45, 7) is 3.64. The first-order chi connectivity index (χ1) is 12.9. The van der Waals surface area contributed by atoms with Gasteiger partial charge in [0.25, 0.3) is 5.91 Å². The fourth-order valence-corrected chi connectivity index (χ4v) is 2.65. The number of hydrogen-bond donors (Lipinski definition) is 2. The van der Waals surface area contributed by atoms with Gasteiger partial charge in [-0.1, -0.05) is 48.0 Å². The van der Waals surface area contributed by atoms with Gasteiger partial charge in [-0.2, -0.15) is 0 Å². The van der Waals surface area contributed by atoms with E-state index in [1.54, 1.807) is 36.4 Å². The summed E-state index contributed by atoms with van der Waals surface area (Å²) in [5.41, 5.74) is 2.08. The summed E-state index contributed by atoms with van der Waals surface area (Å²) >= 11 is 3.39. The third kappa shape index (κ3) is 4.86. The zero-order valence-corrected chi connectivity index (χ0v) is 16.5. The Balaban J connectivity index is 1.71. The number of carbonyl (C=O) groups is 2. The van der Waals surface area contributed by atoms with Crippen molar-refractivity contribution in [3.8, 4) is 11.3 Å². The number of amides is 2. The molecule has 2 N–H and O–H groups in total. The topological polar surface area (TPSA) is 71.3 Å². The second kappa shape index (κ2) is 8.22. The molecule has 2 aromatic carbocycles. The summed E-state index contributed by atoms with van der Waals surface area (Å²) in [5.74, 6) is 0.271. The Morgan fingerprint density at radius 2 is 1.59 bits per heavy atom. The molecular weight excluding hydrogens is 408 g/mol. The largest absolute Gasteiger partial charge is 0.451 e. The van der Waals surface area contributed by atoms with Gasteiger partial charge in [-0.3, -0.25) is 9.59 Å². The molecule has 1 heterocycles. The van der Waals surface area contributed by atoms with Crippen LogP contribution < -0.4 is 10.6 Å². The van der Waals surface area contributed by atoms with Gasteiger partial charge in [-0.05, 0) is 42.5 Å². The van der Waals surface area contributed by atoms with Crippen LogP contribution >= 0.6 is 15.9 Å². The van der Waals surface area contributed by atoms with Gasteiger partial charge in [0.15, 0.2) is 5.76 Å². The van der Waals surface area contributed by atoms with Crippen molar-refractivity contribution in [2.24, 2.45) is 5.92 Å². The first kappa shape index (κ1) is 18.9. The Hall–Kier alpha value is -2.86. The van der Waals surface area contributed by atoms with Gasteiger partial charge in [0.2, 0.25) is 5.91 Å². The number of anilines is 2. The lowest BCUT2D eigenvalue weighted by Gasteiger charge is -2.09. The van der Waals surface area contributed by atoms with Gasteiger partial charge in [0.05, 0.1) is 0 Å². The highest BCUT2D eigenvalue weighted by molar-refractivity contribution is 9.10. The second-order valence-electron chi connectivity index (χ2n) is 6.35. The lowest BCUT2D eigenvalue weighted by atomic mass is 10.2. The molecule has 1 aromatic heterocycles. The molecule has 0 saturated carbocycles. The van der Waals surface area contributed by atoms with Crippen LogP contribution in [0, 0.1) is 5.92 Å². The van der Waals surface area contributed by atoms with Crippen LogP contribution in [-0.2, 0) is 4.79 Å².